The molecule has 0 saturated carbocycles. The molecule has 210 valence electrons. The summed E-state index contributed by atoms with van der Waals surface area (Å²) < 4.78 is 0. The second-order valence-corrected chi connectivity index (χ2v) is 12.4. The van der Waals surface area contributed by atoms with Crippen LogP contribution in [0.15, 0.2) is 35.7 Å². The van der Waals surface area contributed by atoms with Gasteiger partial charge < -0.3 is 9.80 Å². The standard InChI is InChI=1S/C32H43ClN4OS/c1-5-7-14-36(15-8-6-2)31-21-28(34-30(35-31)18-23(3)4)29-20-25(22-39-29)26-13-12-24(19-27(26)33)32(38)37-16-10-9-11-17-37/h12-13,19-23H,5-11,14-18H2,1-4H3. The van der Waals surface area contributed by atoms with Gasteiger partial charge in [0.1, 0.15) is 11.6 Å². The maximum atomic E-state index is 13.0. The molecular formula is C32H43ClN4OS. The molecule has 3 heterocycles. The summed E-state index contributed by atoms with van der Waals surface area (Å²) in [5.41, 5.74) is 3.63. The first-order chi connectivity index (χ1) is 18.9. The number of carbonyl (C=O) groups excluding carboxylic acids is 1. The lowest BCUT2D eigenvalue weighted by Crippen LogP contribution is -2.35. The second-order valence-electron chi connectivity index (χ2n) is 11.1. The van der Waals surface area contributed by atoms with Gasteiger partial charge in [-0.1, -0.05) is 58.2 Å². The van der Waals surface area contributed by atoms with Crippen molar-refractivity contribution < 1.29 is 4.79 Å². The average Bonchev–Trinajstić information content (AvgIpc) is 3.43. The predicted octanol–water partition coefficient (Wildman–Crippen LogP) is 8.76. The zero-order valence-electron chi connectivity index (χ0n) is 24.0. The van der Waals surface area contributed by atoms with Crippen LogP contribution < -0.4 is 4.90 Å². The number of unbranched alkanes of at least 4 members (excludes halogenated alkanes) is 2. The maximum absolute atomic E-state index is 13.0. The van der Waals surface area contributed by atoms with Crippen LogP contribution in [-0.4, -0.2) is 47.0 Å². The van der Waals surface area contributed by atoms with Gasteiger partial charge in [0.25, 0.3) is 5.91 Å². The summed E-state index contributed by atoms with van der Waals surface area (Å²) in [6.07, 6.45) is 8.84. The summed E-state index contributed by atoms with van der Waals surface area (Å²) in [6.45, 7) is 12.6. The molecule has 39 heavy (non-hydrogen) atoms. The van der Waals surface area contributed by atoms with Gasteiger partial charge in [-0.05, 0) is 67.2 Å². The number of piperidine rings is 1. The summed E-state index contributed by atoms with van der Waals surface area (Å²) >= 11 is 8.43. The first-order valence-electron chi connectivity index (χ1n) is 14.7. The van der Waals surface area contributed by atoms with E-state index in [9.17, 15) is 4.79 Å². The lowest BCUT2D eigenvalue weighted by atomic mass is 10.0. The monoisotopic (exact) mass is 566 g/mol. The SMILES string of the molecule is CCCCN(CCCC)c1cc(-c2cc(-c3ccc(C(=O)N4CCCCC4)cc3Cl)cs2)nc(CC(C)C)n1. The molecule has 0 N–H and O–H groups in total. The quantitative estimate of drug-likeness (QED) is 0.220. The van der Waals surface area contributed by atoms with Crippen molar-refractivity contribution >= 4 is 34.7 Å². The first-order valence-corrected chi connectivity index (χ1v) is 16.0. The molecule has 3 aromatic rings. The molecule has 1 aliphatic heterocycles. The summed E-state index contributed by atoms with van der Waals surface area (Å²) in [6, 6.07) is 10.1. The minimum absolute atomic E-state index is 0.0797. The molecule has 0 unspecified atom stereocenters. The molecule has 1 aliphatic rings. The Morgan fingerprint density at radius 1 is 1.03 bits per heavy atom. The predicted molar refractivity (Wildman–Crippen MR) is 166 cm³/mol. The van der Waals surface area contributed by atoms with Gasteiger partial charge in [-0.3, -0.25) is 4.79 Å². The van der Waals surface area contributed by atoms with Crippen molar-refractivity contribution in [3.8, 4) is 21.7 Å². The Hall–Kier alpha value is -2.44. The van der Waals surface area contributed by atoms with Crippen molar-refractivity contribution in [3.05, 3.63) is 52.1 Å². The lowest BCUT2D eigenvalue weighted by Gasteiger charge is -2.26. The number of likely N-dealkylation sites (tertiary alicyclic amines) is 1. The van der Waals surface area contributed by atoms with Crippen LogP contribution in [0.3, 0.4) is 0 Å². The Kier molecular flexibility index (Phi) is 10.8. The summed E-state index contributed by atoms with van der Waals surface area (Å²) in [4.78, 5) is 28.5. The molecule has 1 saturated heterocycles. The Labute approximate surface area is 243 Å². The molecule has 1 amide bonds. The number of rotatable bonds is 12. The van der Waals surface area contributed by atoms with E-state index in [0.717, 1.165) is 104 Å². The van der Waals surface area contributed by atoms with Gasteiger partial charge in [-0.2, -0.15) is 0 Å². The lowest BCUT2D eigenvalue weighted by molar-refractivity contribution is 0.0724. The molecule has 2 aromatic heterocycles. The van der Waals surface area contributed by atoms with Crippen LogP contribution in [-0.2, 0) is 6.42 Å². The number of thiophene rings is 1. The number of halogens is 1. The molecule has 1 fully saturated rings. The normalized spacial score (nSPS) is 13.7. The number of carbonyl (C=O) groups is 1. The van der Waals surface area contributed by atoms with Crippen LogP contribution in [0.2, 0.25) is 5.02 Å². The highest BCUT2D eigenvalue weighted by Gasteiger charge is 2.20. The molecule has 0 spiro atoms. The Morgan fingerprint density at radius 3 is 2.38 bits per heavy atom. The number of hydrogen-bond donors (Lipinski definition) is 0. The zero-order valence-corrected chi connectivity index (χ0v) is 25.6. The highest BCUT2D eigenvalue weighted by molar-refractivity contribution is 7.14. The summed E-state index contributed by atoms with van der Waals surface area (Å²) in [5.74, 6) is 2.50. The molecule has 0 radical (unpaired) electrons. The van der Waals surface area contributed by atoms with Crippen LogP contribution in [0.5, 0.6) is 0 Å². The molecule has 7 heteroatoms. The van der Waals surface area contributed by atoms with Gasteiger partial charge in [0.2, 0.25) is 0 Å². The van der Waals surface area contributed by atoms with Crippen LogP contribution in [0.1, 0.15) is 88.8 Å². The van der Waals surface area contributed by atoms with E-state index in [0.29, 0.717) is 16.5 Å². The van der Waals surface area contributed by atoms with Gasteiger partial charge in [0.15, 0.2) is 0 Å². The van der Waals surface area contributed by atoms with Gasteiger partial charge in [-0.15, -0.1) is 11.3 Å². The third-order valence-electron chi connectivity index (χ3n) is 7.26. The van der Waals surface area contributed by atoms with Crippen molar-refractivity contribution in [2.45, 2.75) is 79.1 Å². The number of anilines is 1. The highest BCUT2D eigenvalue weighted by atomic mass is 35.5. The Balaban J connectivity index is 1.62. The third-order valence-corrected chi connectivity index (χ3v) is 8.52. The summed E-state index contributed by atoms with van der Waals surface area (Å²) in [7, 11) is 0. The van der Waals surface area contributed by atoms with Gasteiger partial charge >= 0.3 is 0 Å². The van der Waals surface area contributed by atoms with Crippen molar-refractivity contribution in [1.82, 2.24) is 14.9 Å². The Morgan fingerprint density at radius 2 is 1.74 bits per heavy atom. The van der Waals surface area contributed by atoms with Crippen molar-refractivity contribution in [3.63, 3.8) is 0 Å². The maximum Gasteiger partial charge on any atom is 0.253 e. The largest absolute Gasteiger partial charge is 0.356 e. The van der Waals surface area contributed by atoms with Crippen molar-refractivity contribution in [2.24, 2.45) is 5.92 Å². The third kappa shape index (κ3) is 7.82. The van der Waals surface area contributed by atoms with Gasteiger partial charge in [0.05, 0.1) is 10.6 Å². The topological polar surface area (TPSA) is 49.3 Å². The molecule has 0 bridgehead atoms. The number of aromatic nitrogens is 2. The van der Waals surface area contributed by atoms with E-state index in [2.05, 4.69) is 50.1 Å². The number of amides is 1. The van der Waals surface area contributed by atoms with Crippen LogP contribution in [0.25, 0.3) is 21.7 Å². The molecule has 5 nitrogen and oxygen atoms in total. The Bertz CT molecular complexity index is 1230. The fraction of sp³-hybridized carbons (Fsp3) is 0.531. The van der Waals surface area contributed by atoms with Gasteiger partial charge in [0, 0.05) is 54.8 Å². The van der Waals surface area contributed by atoms with E-state index in [4.69, 9.17) is 21.6 Å². The minimum Gasteiger partial charge on any atom is -0.356 e. The molecule has 1 aromatic carbocycles. The van der Waals surface area contributed by atoms with E-state index in [1.807, 2.05) is 23.1 Å². The zero-order chi connectivity index (χ0) is 27.8. The smallest absolute Gasteiger partial charge is 0.253 e. The molecular weight excluding hydrogens is 524 g/mol. The summed E-state index contributed by atoms with van der Waals surface area (Å²) in [5, 5.41) is 2.75. The molecule has 4 rings (SSSR count). The fourth-order valence-corrected chi connectivity index (χ4v) is 6.20. The van der Waals surface area contributed by atoms with Crippen LogP contribution in [0.4, 0.5) is 5.82 Å². The first kappa shape index (κ1) is 29.5. The number of benzene rings is 1. The van der Waals surface area contributed by atoms with E-state index < -0.39 is 0 Å². The van der Waals surface area contributed by atoms with E-state index in [1.54, 1.807) is 11.3 Å². The van der Waals surface area contributed by atoms with E-state index in [-0.39, 0.29) is 5.91 Å². The van der Waals surface area contributed by atoms with Gasteiger partial charge in [-0.25, -0.2) is 9.97 Å². The second kappa shape index (κ2) is 14.3. The molecule has 0 atom stereocenters. The van der Waals surface area contributed by atoms with Crippen LogP contribution in [0, 0.1) is 5.92 Å². The number of nitrogens with zero attached hydrogens (tertiary/aromatic N) is 4. The van der Waals surface area contributed by atoms with Crippen molar-refractivity contribution in [1.29, 1.82) is 0 Å². The number of hydrogen-bond acceptors (Lipinski definition) is 5. The average molecular weight is 567 g/mol. The van der Waals surface area contributed by atoms with E-state index in [1.165, 1.54) is 6.42 Å². The fourth-order valence-electron chi connectivity index (χ4n) is 5.04. The molecule has 0 aliphatic carbocycles. The highest BCUT2D eigenvalue weighted by Crippen LogP contribution is 2.37. The van der Waals surface area contributed by atoms with Crippen LogP contribution >= 0.6 is 22.9 Å². The van der Waals surface area contributed by atoms with Crippen molar-refractivity contribution in [2.75, 3.05) is 31.1 Å². The minimum atomic E-state index is 0.0797. The van der Waals surface area contributed by atoms with E-state index >= 15 is 0 Å².